The van der Waals surface area contributed by atoms with Crippen LogP contribution in [-0.4, -0.2) is 24.0 Å². The third-order valence-corrected chi connectivity index (χ3v) is 4.27. The van der Waals surface area contributed by atoms with Gasteiger partial charge >= 0.3 is 11.9 Å². The van der Waals surface area contributed by atoms with Crippen molar-refractivity contribution < 1.29 is 24.0 Å². The molecule has 0 unspecified atom stereocenters. The Morgan fingerprint density at radius 2 is 1.52 bits per heavy atom. The molecule has 0 heterocycles. The lowest BCUT2D eigenvalue weighted by Crippen LogP contribution is -2.10. The zero-order valence-electron chi connectivity index (χ0n) is 15.5. The highest BCUT2D eigenvalue weighted by atomic mass is 16.6. The van der Waals surface area contributed by atoms with Crippen LogP contribution in [0.1, 0.15) is 26.3 Å². The van der Waals surface area contributed by atoms with Crippen molar-refractivity contribution in [3.8, 4) is 11.1 Å². The highest BCUT2D eigenvalue weighted by Gasteiger charge is 2.22. The fraction of sp³-hybridized carbons (Fsp3) is 0.0909. The van der Waals surface area contributed by atoms with E-state index in [1.807, 2.05) is 18.2 Å². The number of methoxy groups -OCH3 is 1. The fourth-order valence-electron chi connectivity index (χ4n) is 2.86. The predicted octanol–water partition coefficient (Wildman–Crippen LogP) is 4.41. The van der Waals surface area contributed by atoms with E-state index in [-0.39, 0.29) is 23.4 Å². The van der Waals surface area contributed by atoms with Crippen molar-refractivity contribution in [2.24, 2.45) is 0 Å². The van der Waals surface area contributed by atoms with Crippen molar-refractivity contribution in [1.82, 2.24) is 0 Å². The highest BCUT2D eigenvalue weighted by molar-refractivity contribution is 6.03. The predicted molar refractivity (Wildman–Crippen MR) is 105 cm³/mol. The first kappa shape index (κ1) is 19.8. The second kappa shape index (κ2) is 8.79. The van der Waals surface area contributed by atoms with E-state index in [2.05, 4.69) is 0 Å². The van der Waals surface area contributed by atoms with Gasteiger partial charge in [0.25, 0.3) is 5.69 Å². The van der Waals surface area contributed by atoms with Crippen LogP contribution < -0.4 is 0 Å². The van der Waals surface area contributed by atoms with Gasteiger partial charge in [0.1, 0.15) is 6.61 Å². The maximum absolute atomic E-state index is 12.8. The Morgan fingerprint density at radius 1 is 0.862 bits per heavy atom. The average molecular weight is 391 g/mol. The number of esters is 2. The number of benzene rings is 3. The zero-order valence-corrected chi connectivity index (χ0v) is 15.5. The largest absolute Gasteiger partial charge is 0.465 e. The minimum Gasteiger partial charge on any atom is -0.465 e. The molecule has 29 heavy (non-hydrogen) atoms. The molecule has 3 rings (SSSR count). The average Bonchev–Trinajstić information content (AvgIpc) is 2.77. The Kier molecular flexibility index (Phi) is 5.99. The lowest BCUT2D eigenvalue weighted by molar-refractivity contribution is -0.384. The number of nitro groups is 1. The number of hydrogen-bond acceptors (Lipinski definition) is 6. The molecule has 146 valence electrons. The van der Waals surface area contributed by atoms with Gasteiger partial charge in [-0.2, -0.15) is 0 Å². The molecule has 0 aliphatic heterocycles. The Labute approximate surface area is 166 Å². The Morgan fingerprint density at radius 3 is 2.21 bits per heavy atom. The summed E-state index contributed by atoms with van der Waals surface area (Å²) in [6.07, 6.45) is 0. The van der Waals surface area contributed by atoms with Gasteiger partial charge in [0.05, 0.1) is 23.2 Å². The molecule has 0 bridgehead atoms. The third kappa shape index (κ3) is 4.47. The van der Waals surface area contributed by atoms with Gasteiger partial charge in [-0.25, -0.2) is 9.59 Å². The monoisotopic (exact) mass is 391 g/mol. The molecule has 0 radical (unpaired) electrons. The third-order valence-electron chi connectivity index (χ3n) is 4.27. The van der Waals surface area contributed by atoms with Gasteiger partial charge in [0.2, 0.25) is 0 Å². The van der Waals surface area contributed by atoms with Gasteiger partial charge in [-0.15, -0.1) is 0 Å². The molecule has 0 spiro atoms. The first-order valence-electron chi connectivity index (χ1n) is 8.68. The Bertz CT molecular complexity index is 1060. The minimum atomic E-state index is -0.729. The van der Waals surface area contributed by atoms with Gasteiger partial charge in [-0.05, 0) is 28.8 Å². The molecule has 3 aromatic rings. The van der Waals surface area contributed by atoms with E-state index in [0.29, 0.717) is 11.1 Å². The molecule has 0 N–H and O–H groups in total. The molecule has 7 heteroatoms. The van der Waals surface area contributed by atoms with Crippen molar-refractivity contribution in [2.45, 2.75) is 6.61 Å². The molecule has 0 amide bonds. The maximum Gasteiger partial charge on any atom is 0.339 e. The molecule has 0 fully saturated rings. The molecule has 0 atom stereocenters. The van der Waals surface area contributed by atoms with Crippen molar-refractivity contribution in [3.05, 3.63) is 99.6 Å². The van der Waals surface area contributed by atoms with E-state index in [1.165, 1.54) is 19.2 Å². The molecule has 0 aliphatic carbocycles. The van der Waals surface area contributed by atoms with Crippen LogP contribution in [0, 0.1) is 10.1 Å². The summed E-state index contributed by atoms with van der Waals surface area (Å²) in [4.78, 5) is 35.5. The Hall–Kier alpha value is -4.00. The quantitative estimate of drug-likeness (QED) is 0.351. The van der Waals surface area contributed by atoms with Crippen LogP contribution in [-0.2, 0) is 16.1 Å². The van der Waals surface area contributed by atoms with Crippen molar-refractivity contribution in [1.29, 1.82) is 0 Å². The summed E-state index contributed by atoms with van der Waals surface area (Å²) in [6, 6.07) is 19.5. The van der Waals surface area contributed by atoms with Gasteiger partial charge < -0.3 is 9.47 Å². The molecular formula is C22H17NO6. The number of carbonyl (C=O) groups excluding carboxylic acids is 2. The second-order valence-electron chi connectivity index (χ2n) is 6.09. The smallest absolute Gasteiger partial charge is 0.339 e. The van der Waals surface area contributed by atoms with Crippen LogP contribution in [0.4, 0.5) is 5.69 Å². The van der Waals surface area contributed by atoms with Gasteiger partial charge in [-0.1, -0.05) is 48.5 Å². The summed E-state index contributed by atoms with van der Waals surface area (Å²) in [5.74, 6) is -1.31. The summed E-state index contributed by atoms with van der Waals surface area (Å²) in [6.45, 7) is 0.0143. The fourth-order valence-corrected chi connectivity index (χ4v) is 2.86. The van der Waals surface area contributed by atoms with E-state index in [0.717, 1.165) is 11.6 Å². The summed E-state index contributed by atoms with van der Waals surface area (Å²) < 4.78 is 10.2. The van der Waals surface area contributed by atoms with Crippen LogP contribution in [0.3, 0.4) is 0 Å². The van der Waals surface area contributed by atoms with E-state index >= 15 is 0 Å². The van der Waals surface area contributed by atoms with Gasteiger partial charge in [-0.3, -0.25) is 10.1 Å². The van der Waals surface area contributed by atoms with Gasteiger partial charge in [0.15, 0.2) is 0 Å². The maximum atomic E-state index is 12.8. The minimum absolute atomic E-state index is 0.00789. The first-order valence-corrected chi connectivity index (χ1v) is 8.68. The van der Waals surface area contributed by atoms with Crippen LogP contribution in [0.15, 0.2) is 72.8 Å². The molecule has 0 saturated carbocycles. The molecule has 7 nitrogen and oxygen atoms in total. The summed E-state index contributed by atoms with van der Waals surface area (Å²) in [5.41, 5.74) is 1.52. The molecule has 0 saturated heterocycles. The van der Waals surface area contributed by atoms with E-state index in [1.54, 1.807) is 36.4 Å². The molecule has 0 aromatic heterocycles. The second-order valence-corrected chi connectivity index (χ2v) is 6.09. The molecule has 3 aromatic carbocycles. The van der Waals surface area contributed by atoms with E-state index in [4.69, 9.17) is 9.47 Å². The summed E-state index contributed by atoms with van der Waals surface area (Å²) in [5, 5.41) is 11.2. The van der Waals surface area contributed by atoms with E-state index in [9.17, 15) is 19.7 Å². The number of hydrogen-bond donors (Lipinski definition) is 0. The lowest BCUT2D eigenvalue weighted by atomic mass is 9.95. The van der Waals surface area contributed by atoms with E-state index < -0.39 is 16.9 Å². The molecule has 0 aliphatic rings. The van der Waals surface area contributed by atoms with Gasteiger partial charge in [0, 0.05) is 12.1 Å². The normalized spacial score (nSPS) is 10.2. The number of nitrogens with zero attached hydrogens (tertiary/aromatic N) is 1. The number of nitro benzene ring substituents is 1. The van der Waals surface area contributed by atoms with Crippen LogP contribution >= 0.6 is 0 Å². The van der Waals surface area contributed by atoms with Crippen LogP contribution in [0.5, 0.6) is 0 Å². The van der Waals surface area contributed by atoms with Crippen LogP contribution in [0.2, 0.25) is 0 Å². The van der Waals surface area contributed by atoms with Crippen LogP contribution in [0.25, 0.3) is 11.1 Å². The SMILES string of the molecule is COC(=O)c1ccccc1-c1ccc([N+](=O)[O-])cc1C(=O)OCc1ccccc1. The topological polar surface area (TPSA) is 95.7 Å². The lowest BCUT2D eigenvalue weighted by Gasteiger charge is -2.13. The van der Waals surface area contributed by atoms with Crippen molar-refractivity contribution in [3.63, 3.8) is 0 Å². The number of ether oxygens (including phenoxy) is 2. The standard InChI is InChI=1S/C22H17NO6/c1-28-21(24)19-10-6-5-9-17(19)18-12-11-16(23(26)27)13-20(18)22(25)29-14-15-7-3-2-4-8-15/h2-13H,14H2,1H3. The van der Waals surface area contributed by atoms with Crippen molar-refractivity contribution >= 4 is 17.6 Å². The zero-order chi connectivity index (χ0) is 20.8. The van der Waals surface area contributed by atoms with Crippen molar-refractivity contribution in [2.75, 3.05) is 7.11 Å². The summed E-state index contributed by atoms with van der Waals surface area (Å²) >= 11 is 0. The number of rotatable bonds is 6. The number of carbonyl (C=O) groups is 2. The number of non-ortho nitro benzene ring substituents is 1. The highest BCUT2D eigenvalue weighted by Crippen LogP contribution is 2.31. The molecular weight excluding hydrogens is 374 g/mol. The first-order chi connectivity index (χ1) is 14.0. The Balaban J connectivity index is 2.03. The summed E-state index contributed by atoms with van der Waals surface area (Å²) in [7, 11) is 1.25.